The lowest BCUT2D eigenvalue weighted by atomic mass is 10.1. The molecule has 0 aliphatic heterocycles. The van der Waals surface area contributed by atoms with Gasteiger partial charge in [0.15, 0.2) is 0 Å². The third kappa shape index (κ3) is 3.78. The molecule has 0 saturated heterocycles. The molecule has 0 spiro atoms. The Kier molecular flexibility index (Phi) is 5.54. The number of fused-ring (bicyclic) bond motifs is 1. The predicted octanol–water partition coefficient (Wildman–Crippen LogP) is 3.59. The molecule has 0 radical (unpaired) electrons. The third-order valence-corrected chi connectivity index (χ3v) is 4.28. The Hall–Kier alpha value is -3.48. The largest absolute Gasteiger partial charge is 0.462 e. The number of ether oxygens (including phenoxy) is 1. The highest BCUT2D eigenvalue weighted by Crippen LogP contribution is 2.19. The molecule has 28 heavy (non-hydrogen) atoms. The zero-order valence-electron chi connectivity index (χ0n) is 15.5. The molecule has 1 amide bonds. The van der Waals surface area contributed by atoms with E-state index in [0.717, 1.165) is 0 Å². The first-order valence-electron chi connectivity index (χ1n) is 8.85. The minimum atomic E-state index is -0.683. The first-order chi connectivity index (χ1) is 13.4. The van der Waals surface area contributed by atoms with Gasteiger partial charge >= 0.3 is 5.97 Å². The van der Waals surface area contributed by atoms with Crippen LogP contribution in [0.15, 0.2) is 53.5 Å². The monoisotopic (exact) mass is 382 g/mol. The van der Waals surface area contributed by atoms with Crippen LogP contribution in [0.5, 0.6) is 0 Å². The summed E-state index contributed by atoms with van der Waals surface area (Å²) in [6.07, 6.45) is 1.49. The minimum absolute atomic E-state index is 0.0572. The van der Waals surface area contributed by atoms with Crippen molar-refractivity contribution in [2.75, 3.05) is 11.9 Å². The van der Waals surface area contributed by atoms with Gasteiger partial charge in [0.2, 0.25) is 5.43 Å². The van der Waals surface area contributed by atoms with Crippen molar-refractivity contribution in [1.82, 2.24) is 4.57 Å². The van der Waals surface area contributed by atoms with Crippen LogP contribution in [0.25, 0.3) is 10.9 Å². The van der Waals surface area contributed by atoms with Gasteiger partial charge in [-0.05, 0) is 56.3 Å². The molecule has 3 aromatic rings. The average molecular weight is 382 g/mol. The number of carbonyl (C=O) groups is 2. The molecule has 0 saturated carbocycles. The predicted molar refractivity (Wildman–Crippen MR) is 104 cm³/mol. The number of aromatic nitrogens is 1. The Labute approximate surface area is 160 Å². The molecule has 3 rings (SSSR count). The van der Waals surface area contributed by atoms with Gasteiger partial charge in [-0.3, -0.25) is 9.59 Å². The molecule has 0 bridgehead atoms. The summed E-state index contributed by atoms with van der Waals surface area (Å²) in [7, 11) is 0. The number of rotatable bonds is 5. The fourth-order valence-corrected chi connectivity index (χ4v) is 2.90. The molecule has 0 aliphatic rings. The van der Waals surface area contributed by atoms with Crippen molar-refractivity contribution < 1.29 is 18.7 Å². The van der Waals surface area contributed by atoms with Crippen molar-refractivity contribution in [3.8, 4) is 0 Å². The molecular weight excluding hydrogens is 363 g/mol. The highest BCUT2D eigenvalue weighted by Gasteiger charge is 2.17. The van der Waals surface area contributed by atoms with E-state index in [1.165, 1.54) is 36.5 Å². The standard InChI is InChI=1S/C21H19FN2O4/c1-3-24-12-17(21(27)28-4-2)19(25)16-11-15(9-10-18(16)24)23-20(26)13-5-7-14(22)8-6-13/h5-12H,3-4H2,1-2H3,(H,23,26). The van der Waals surface area contributed by atoms with Crippen LogP contribution >= 0.6 is 0 Å². The number of nitrogens with zero attached hydrogens (tertiary/aromatic N) is 1. The van der Waals surface area contributed by atoms with Crippen molar-refractivity contribution >= 4 is 28.5 Å². The second-order valence-corrected chi connectivity index (χ2v) is 6.07. The Balaban J connectivity index is 2.02. The first-order valence-corrected chi connectivity index (χ1v) is 8.85. The minimum Gasteiger partial charge on any atom is -0.462 e. The number of amides is 1. The van der Waals surface area contributed by atoms with Crippen LogP contribution in [0.3, 0.4) is 0 Å². The lowest BCUT2D eigenvalue weighted by molar-refractivity contribution is 0.0524. The highest BCUT2D eigenvalue weighted by atomic mass is 19.1. The van der Waals surface area contributed by atoms with Crippen LogP contribution < -0.4 is 10.7 Å². The number of aryl methyl sites for hydroxylation is 1. The van der Waals surface area contributed by atoms with E-state index in [0.29, 0.717) is 23.1 Å². The van der Waals surface area contributed by atoms with E-state index in [9.17, 15) is 18.8 Å². The van der Waals surface area contributed by atoms with Gasteiger partial charge < -0.3 is 14.6 Å². The Morgan fingerprint density at radius 1 is 1.11 bits per heavy atom. The third-order valence-electron chi connectivity index (χ3n) is 4.28. The summed E-state index contributed by atoms with van der Waals surface area (Å²) in [5, 5.41) is 2.98. The van der Waals surface area contributed by atoms with Gasteiger partial charge in [-0.2, -0.15) is 0 Å². The van der Waals surface area contributed by atoms with Crippen molar-refractivity contribution in [3.05, 3.63) is 75.8 Å². The van der Waals surface area contributed by atoms with Crippen LogP contribution in [0.4, 0.5) is 10.1 Å². The summed E-state index contributed by atoms with van der Waals surface area (Å²) >= 11 is 0. The van der Waals surface area contributed by atoms with Gasteiger partial charge in [-0.15, -0.1) is 0 Å². The molecule has 0 aliphatic carbocycles. The molecule has 6 nitrogen and oxygen atoms in total. The van der Waals surface area contributed by atoms with Gasteiger partial charge in [0.05, 0.1) is 12.1 Å². The normalized spacial score (nSPS) is 10.7. The fourth-order valence-electron chi connectivity index (χ4n) is 2.90. The Morgan fingerprint density at radius 2 is 1.82 bits per heavy atom. The number of pyridine rings is 1. The molecule has 0 unspecified atom stereocenters. The number of halogens is 1. The molecule has 144 valence electrons. The van der Waals surface area contributed by atoms with Crippen LogP contribution in [0, 0.1) is 5.82 Å². The smallest absolute Gasteiger partial charge is 0.343 e. The van der Waals surface area contributed by atoms with E-state index in [-0.39, 0.29) is 17.7 Å². The van der Waals surface area contributed by atoms with Crippen LogP contribution in [0.2, 0.25) is 0 Å². The molecule has 7 heteroatoms. The van der Waals surface area contributed by atoms with Gasteiger partial charge in [-0.1, -0.05) is 0 Å². The molecule has 1 N–H and O–H groups in total. The van der Waals surface area contributed by atoms with Crippen LogP contribution in [0.1, 0.15) is 34.6 Å². The molecule has 1 aromatic heterocycles. The zero-order chi connectivity index (χ0) is 20.3. The van der Waals surface area contributed by atoms with E-state index < -0.39 is 23.1 Å². The second kappa shape index (κ2) is 8.04. The van der Waals surface area contributed by atoms with E-state index in [4.69, 9.17) is 4.74 Å². The van der Waals surface area contributed by atoms with Gasteiger partial charge in [-0.25, -0.2) is 9.18 Å². The van der Waals surface area contributed by atoms with E-state index in [2.05, 4.69) is 5.32 Å². The number of hydrogen-bond donors (Lipinski definition) is 1. The number of carbonyl (C=O) groups excluding carboxylic acids is 2. The van der Waals surface area contributed by atoms with E-state index in [1.807, 2.05) is 6.92 Å². The Morgan fingerprint density at radius 3 is 2.46 bits per heavy atom. The Bertz CT molecular complexity index is 1100. The summed E-state index contributed by atoms with van der Waals surface area (Å²) in [4.78, 5) is 37.2. The maximum atomic E-state index is 13.0. The van der Waals surface area contributed by atoms with Crippen molar-refractivity contribution in [2.24, 2.45) is 0 Å². The second-order valence-electron chi connectivity index (χ2n) is 6.07. The quantitative estimate of drug-likeness (QED) is 0.684. The van der Waals surface area contributed by atoms with Crippen molar-refractivity contribution in [3.63, 3.8) is 0 Å². The molecule has 0 atom stereocenters. The topological polar surface area (TPSA) is 77.4 Å². The maximum absolute atomic E-state index is 13.0. The van der Waals surface area contributed by atoms with E-state index in [1.54, 1.807) is 23.6 Å². The fraction of sp³-hybridized carbons (Fsp3) is 0.190. The zero-order valence-corrected chi connectivity index (χ0v) is 15.5. The SMILES string of the molecule is CCOC(=O)c1cn(CC)c2ccc(NC(=O)c3ccc(F)cc3)cc2c1=O. The number of hydrogen-bond acceptors (Lipinski definition) is 4. The average Bonchev–Trinajstić information content (AvgIpc) is 2.69. The number of esters is 1. The molecule has 2 aromatic carbocycles. The number of benzene rings is 2. The lowest BCUT2D eigenvalue weighted by Crippen LogP contribution is -2.21. The maximum Gasteiger partial charge on any atom is 0.343 e. The summed E-state index contributed by atoms with van der Waals surface area (Å²) in [5.41, 5.74) is 0.796. The van der Waals surface area contributed by atoms with Gasteiger partial charge in [0.25, 0.3) is 5.91 Å². The highest BCUT2D eigenvalue weighted by molar-refractivity contribution is 6.05. The van der Waals surface area contributed by atoms with Crippen LogP contribution in [-0.2, 0) is 11.3 Å². The summed E-state index contributed by atoms with van der Waals surface area (Å²) in [6, 6.07) is 10.0. The van der Waals surface area contributed by atoms with Gasteiger partial charge in [0, 0.05) is 29.4 Å². The summed E-state index contributed by atoms with van der Waals surface area (Å²) in [5.74, 6) is -1.55. The summed E-state index contributed by atoms with van der Waals surface area (Å²) < 4.78 is 19.8. The number of anilines is 1. The molecule has 0 fully saturated rings. The molecule has 1 heterocycles. The van der Waals surface area contributed by atoms with Gasteiger partial charge in [0.1, 0.15) is 11.4 Å². The van der Waals surface area contributed by atoms with Crippen LogP contribution in [-0.4, -0.2) is 23.1 Å². The number of nitrogens with one attached hydrogen (secondary N) is 1. The first kappa shape index (κ1) is 19.3. The summed E-state index contributed by atoms with van der Waals surface area (Å²) in [6.45, 7) is 4.27. The van der Waals surface area contributed by atoms with Crippen molar-refractivity contribution in [2.45, 2.75) is 20.4 Å². The lowest BCUT2D eigenvalue weighted by Gasteiger charge is -2.13. The van der Waals surface area contributed by atoms with E-state index >= 15 is 0 Å². The molecular formula is C21H19FN2O4. The van der Waals surface area contributed by atoms with Crippen molar-refractivity contribution in [1.29, 1.82) is 0 Å².